The number of hydrogen-bond acceptors (Lipinski definition) is 5. The van der Waals surface area contributed by atoms with E-state index in [4.69, 9.17) is 4.74 Å². The van der Waals surface area contributed by atoms with Crippen molar-refractivity contribution in [3.05, 3.63) is 12.2 Å². The number of amides is 1. The van der Waals surface area contributed by atoms with Crippen molar-refractivity contribution in [2.24, 2.45) is 0 Å². The Labute approximate surface area is 438 Å². The molecule has 1 amide bonds. The van der Waals surface area contributed by atoms with Gasteiger partial charge in [0.2, 0.25) is 5.91 Å². The molecule has 0 saturated carbocycles. The highest BCUT2D eigenvalue weighted by atomic mass is 16.5. The maximum atomic E-state index is 12.5. The SMILES string of the molecule is CCCCCCCC/C=C\CCCCCCCC(=O)OCCCCCCCCCCCCCCCCCCCCCCC(=O)NC(CO)C(O)CCCCCCCCCCCCCCCCCCCC. The fraction of sp³-hybridized carbons (Fsp3) is 0.938. The van der Waals surface area contributed by atoms with E-state index in [0.717, 1.165) is 44.9 Å². The van der Waals surface area contributed by atoms with Crippen molar-refractivity contribution in [3.63, 3.8) is 0 Å². The second-order valence-corrected chi connectivity index (χ2v) is 22.1. The Kier molecular flexibility index (Phi) is 59.0. The van der Waals surface area contributed by atoms with Crippen molar-refractivity contribution in [1.29, 1.82) is 0 Å². The van der Waals surface area contributed by atoms with Crippen LogP contribution in [-0.4, -0.2) is 47.4 Å². The number of rotatable bonds is 60. The Morgan fingerprint density at radius 3 is 1.01 bits per heavy atom. The largest absolute Gasteiger partial charge is 0.466 e. The first-order chi connectivity index (χ1) is 34.5. The average Bonchev–Trinajstić information content (AvgIpc) is 3.36. The Morgan fingerprint density at radius 1 is 0.386 bits per heavy atom. The number of esters is 1. The molecule has 0 aliphatic rings. The summed E-state index contributed by atoms with van der Waals surface area (Å²) in [6.45, 7) is 4.97. The molecule has 0 aromatic carbocycles. The molecule has 0 spiro atoms. The zero-order valence-corrected chi connectivity index (χ0v) is 47.5. The van der Waals surface area contributed by atoms with Crippen LogP contribution in [0, 0.1) is 0 Å². The van der Waals surface area contributed by atoms with Gasteiger partial charge in [-0.25, -0.2) is 0 Å². The van der Waals surface area contributed by atoms with Gasteiger partial charge in [0.05, 0.1) is 25.4 Å². The van der Waals surface area contributed by atoms with Crippen LogP contribution in [0.2, 0.25) is 0 Å². The first-order valence-corrected chi connectivity index (χ1v) is 31.9. The van der Waals surface area contributed by atoms with Crippen molar-refractivity contribution in [2.75, 3.05) is 13.2 Å². The van der Waals surface area contributed by atoms with E-state index in [1.807, 2.05) is 0 Å². The van der Waals surface area contributed by atoms with Gasteiger partial charge in [0.15, 0.2) is 0 Å². The second kappa shape index (κ2) is 60.2. The third-order valence-corrected chi connectivity index (χ3v) is 15.1. The molecule has 3 N–H and O–H groups in total. The fourth-order valence-corrected chi connectivity index (χ4v) is 10.2. The van der Waals surface area contributed by atoms with Gasteiger partial charge in [-0.3, -0.25) is 9.59 Å². The summed E-state index contributed by atoms with van der Waals surface area (Å²) >= 11 is 0. The molecule has 0 rings (SSSR count). The number of hydrogen-bond donors (Lipinski definition) is 3. The summed E-state index contributed by atoms with van der Waals surface area (Å²) in [5.41, 5.74) is 0. The molecule has 2 atom stereocenters. The van der Waals surface area contributed by atoms with Gasteiger partial charge in [-0.1, -0.05) is 309 Å². The Bertz CT molecular complexity index is 1050. The smallest absolute Gasteiger partial charge is 0.305 e. The number of ether oxygens (including phenoxy) is 1. The lowest BCUT2D eigenvalue weighted by Crippen LogP contribution is -2.45. The molecular formula is C64H125NO5. The number of aliphatic hydroxyl groups excluding tert-OH is 2. The minimum atomic E-state index is -0.665. The fourth-order valence-electron chi connectivity index (χ4n) is 10.2. The topological polar surface area (TPSA) is 95.9 Å². The van der Waals surface area contributed by atoms with Crippen LogP contribution in [-0.2, 0) is 14.3 Å². The lowest BCUT2D eigenvalue weighted by molar-refractivity contribution is -0.143. The predicted octanol–water partition coefficient (Wildman–Crippen LogP) is 20.0. The Morgan fingerprint density at radius 2 is 0.671 bits per heavy atom. The highest BCUT2D eigenvalue weighted by Gasteiger charge is 2.20. The Balaban J connectivity index is 3.39. The number of unbranched alkanes of at least 4 members (excludes halogenated alkanes) is 47. The quantitative estimate of drug-likeness (QED) is 0.0321. The molecule has 0 aromatic rings. The first kappa shape index (κ1) is 68.6. The standard InChI is InChI=1S/C64H125NO5/c1-3-5-7-9-11-13-15-17-19-20-25-29-32-36-40-44-48-52-56-62(67)61(60-66)65-63(68)57-53-49-45-41-37-33-30-26-23-21-22-24-27-31-35-39-43-47-51-55-59-70-64(69)58-54-50-46-42-38-34-28-18-16-14-12-10-8-6-4-2/h18,28,61-62,66-67H,3-17,19-27,29-60H2,1-2H3,(H,65,68)/b28-18-. The molecule has 0 heterocycles. The highest BCUT2D eigenvalue weighted by molar-refractivity contribution is 5.76. The average molecular weight is 989 g/mol. The van der Waals surface area contributed by atoms with E-state index in [1.165, 1.54) is 283 Å². The monoisotopic (exact) mass is 988 g/mol. The number of allylic oxidation sites excluding steroid dienone is 2. The molecule has 0 bridgehead atoms. The van der Waals surface area contributed by atoms with Gasteiger partial charge >= 0.3 is 5.97 Å². The van der Waals surface area contributed by atoms with E-state index in [-0.39, 0.29) is 18.5 Å². The van der Waals surface area contributed by atoms with Gasteiger partial charge in [-0.15, -0.1) is 0 Å². The van der Waals surface area contributed by atoms with Gasteiger partial charge in [0, 0.05) is 12.8 Å². The molecule has 0 aliphatic heterocycles. The summed E-state index contributed by atoms with van der Waals surface area (Å²) in [5, 5.41) is 23.4. The van der Waals surface area contributed by atoms with E-state index in [0.29, 0.717) is 25.9 Å². The van der Waals surface area contributed by atoms with Crippen molar-refractivity contribution in [2.45, 2.75) is 373 Å². The molecule has 6 nitrogen and oxygen atoms in total. The molecule has 416 valence electrons. The third kappa shape index (κ3) is 55.9. The van der Waals surface area contributed by atoms with Crippen LogP contribution in [0.1, 0.15) is 361 Å². The van der Waals surface area contributed by atoms with E-state index >= 15 is 0 Å². The summed E-state index contributed by atoms with van der Waals surface area (Å²) in [4.78, 5) is 24.6. The van der Waals surface area contributed by atoms with Crippen LogP contribution in [0.4, 0.5) is 0 Å². The molecule has 0 aliphatic carbocycles. The molecule has 0 aromatic heterocycles. The summed E-state index contributed by atoms with van der Waals surface area (Å²) in [6.07, 6.45) is 72.2. The van der Waals surface area contributed by atoms with Gasteiger partial charge in [-0.05, 0) is 51.4 Å². The van der Waals surface area contributed by atoms with Gasteiger partial charge in [0.25, 0.3) is 0 Å². The summed E-state index contributed by atoms with van der Waals surface area (Å²) in [5.74, 6) is -0.0297. The molecular weight excluding hydrogens is 863 g/mol. The molecule has 0 radical (unpaired) electrons. The number of carbonyl (C=O) groups is 2. The molecule has 2 unspecified atom stereocenters. The summed E-state index contributed by atoms with van der Waals surface area (Å²) < 4.78 is 5.48. The zero-order chi connectivity index (χ0) is 50.7. The van der Waals surface area contributed by atoms with Crippen molar-refractivity contribution >= 4 is 11.9 Å². The van der Waals surface area contributed by atoms with E-state index in [1.54, 1.807) is 0 Å². The second-order valence-electron chi connectivity index (χ2n) is 22.1. The maximum Gasteiger partial charge on any atom is 0.305 e. The lowest BCUT2D eigenvalue weighted by Gasteiger charge is -2.22. The highest BCUT2D eigenvalue weighted by Crippen LogP contribution is 2.18. The summed E-state index contributed by atoms with van der Waals surface area (Å²) in [6, 6.07) is -0.543. The summed E-state index contributed by atoms with van der Waals surface area (Å²) in [7, 11) is 0. The van der Waals surface area contributed by atoms with Gasteiger partial charge < -0.3 is 20.3 Å². The van der Waals surface area contributed by atoms with Crippen molar-refractivity contribution in [3.8, 4) is 0 Å². The lowest BCUT2D eigenvalue weighted by atomic mass is 10.0. The number of nitrogens with one attached hydrogen (secondary N) is 1. The van der Waals surface area contributed by atoms with Crippen LogP contribution in [0.25, 0.3) is 0 Å². The number of carbonyl (C=O) groups excluding carboxylic acids is 2. The van der Waals surface area contributed by atoms with Gasteiger partial charge in [-0.2, -0.15) is 0 Å². The maximum absolute atomic E-state index is 12.5. The van der Waals surface area contributed by atoms with Gasteiger partial charge in [0.1, 0.15) is 0 Å². The normalized spacial score (nSPS) is 12.6. The van der Waals surface area contributed by atoms with Crippen LogP contribution in [0.15, 0.2) is 12.2 Å². The van der Waals surface area contributed by atoms with E-state index in [2.05, 4.69) is 31.3 Å². The van der Waals surface area contributed by atoms with Crippen LogP contribution in [0.5, 0.6) is 0 Å². The first-order valence-electron chi connectivity index (χ1n) is 31.9. The minimum Gasteiger partial charge on any atom is -0.466 e. The molecule has 0 saturated heterocycles. The van der Waals surface area contributed by atoms with Crippen molar-refractivity contribution in [1.82, 2.24) is 5.32 Å². The zero-order valence-electron chi connectivity index (χ0n) is 47.5. The van der Waals surface area contributed by atoms with E-state index in [9.17, 15) is 19.8 Å². The minimum absolute atomic E-state index is 0.00365. The van der Waals surface area contributed by atoms with Crippen LogP contribution in [0.3, 0.4) is 0 Å². The predicted molar refractivity (Wildman–Crippen MR) is 306 cm³/mol. The van der Waals surface area contributed by atoms with Crippen LogP contribution >= 0.6 is 0 Å². The Hall–Kier alpha value is -1.40. The number of aliphatic hydroxyl groups is 2. The molecule has 6 heteroatoms. The van der Waals surface area contributed by atoms with Crippen LogP contribution < -0.4 is 5.32 Å². The third-order valence-electron chi connectivity index (χ3n) is 15.1. The van der Waals surface area contributed by atoms with E-state index < -0.39 is 12.1 Å². The molecule has 70 heavy (non-hydrogen) atoms. The molecule has 0 fully saturated rings. The van der Waals surface area contributed by atoms with Crippen molar-refractivity contribution < 1.29 is 24.5 Å².